The molecule has 1 fully saturated rings. The first kappa shape index (κ1) is 9.55. The Morgan fingerprint density at radius 1 is 1.43 bits per heavy atom. The lowest BCUT2D eigenvalue weighted by atomic mass is 10.1. The molecule has 2 rings (SSSR count). The van der Waals surface area contributed by atoms with Crippen LogP contribution in [-0.4, -0.2) is 29.7 Å². The molecule has 4 nitrogen and oxygen atoms in total. The fraction of sp³-hybridized carbons (Fsp3) is 0.600. The summed E-state index contributed by atoms with van der Waals surface area (Å²) >= 11 is 0. The van der Waals surface area contributed by atoms with Crippen molar-refractivity contribution in [1.82, 2.24) is 15.3 Å². The summed E-state index contributed by atoms with van der Waals surface area (Å²) < 4.78 is 5.30. The van der Waals surface area contributed by atoms with Crippen LogP contribution >= 0.6 is 0 Å². The number of nitrogens with zero attached hydrogens (tertiary/aromatic N) is 2. The van der Waals surface area contributed by atoms with Gasteiger partial charge in [0.15, 0.2) is 0 Å². The molecule has 1 aromatic rings. The van der Waals surface area contributed by atoms with E-state index in [0.29, 0.717) is 5.92 Å². The number of aromatic nitrogens is 2. The van der Waals surface area contributed by atoms with Gasteiger partial charge in [-0.15, -0.1) is 0 Å². The zero-order chi connectivity index (χ0) is 9.64. The fourth-order valence-electron chi connectivity index (χ4n) is 1.59. The second-order valence-corrected chi connectivity index (χ2v) is 3.61. The number of nitrogens with one attached hydrogen (secondary N) is 1. The summed E-state index contributed by atoms with van der Waals surface area (Å²) in [5, 5.41) is 3.38. The molecule has 0 aliphatic carbocycles. The third-order valence-electron chi connectivity index (χ3n) is 2.40. The third kappa shape index (κ3) is 2.75. The summed E-state index contributed by atoms with van der Waals surface area (Å²) in [5.74, 6) is 0.680. The Morgan fingerprint density at radius 3 is 3.00 bits per heavy atom. The molecule has 14 heavy (non-hydrogen) atoms. The largest absolute Gasteiger partial charge is 0.381 e. The molecule has 1 aromatic heterocycles. The van der Waals surface area contributed by atoms with Crippen molar-refractivity contribution >= 4 is 0 Å². The van der Waals surface area contributed by atoms with Crippen LogP contribution in [0.4, 0.5) is 0 Å². The van der Waals surface area contributed by atoms with E-state index >= 15 is 0 Å². The van der Waals surface area contributed by atoms with Crippen LogP contribution in [0.15, 0.2) is 18.7 Å². The smallest absolute Gasteiger partial charge is 0.115 e. The quantitative estimate of drug-likeness (QED) is 0.760. The van der Waals surface area contributed by atoms with E-state index in [1.54, 1.807) is 6.33 Å². The first-order valence-electron chi connectivity index (χ1n) is 4.97. The van der Waals surface area contributed by atoms with Gasteiger partial charge in [0.1, 0.15) is 6.33 Å². The van der Waals surface area contributed by atoms with Crippen molar-refractivity contribution in [2.24, 2.45) is 5.92 Å². The fourth-order valence-corrected chi connectivity index (χ4v) is 1.59. The molecule has 4 heteroatoms. The maximum absolute atomic E-state index is 5.30. The number of rotatable bonds is 4. The van der Waals surface area contributed by atoms with Gasteiger partial charge in [0, 0.05) is 37.7 Å². The number of ether oxygens (including phenoxy) is 1. The van der Waals surface area contributed by atoms with E-state index in [1.807, 2.05) is 12.4 Å². The Hall–Kier alpha value is -1.00. The van der Waals surface area contributed by atoms with Crippen LogP contribution in [0.5, 0.6) is 0 Å². The van der Waals surface area contributed by atoms with Crippen LogP contribution in [0.25, 0.3) is 0 Å². The average molecular weight is 193 g/mol. The van der Waals surface area contributed by atoms with Crippen molar-refractivity contribution < 1.29 is 4.74 Å². The molecule has 0 aromatic carbocycles. The second-order valence-electron chi connectivity index (χ2n) is 3.61. The van der Waals surface area contributed by atoms with Gasteiger partial charge in [0.25, 0.3) is 0 Å². The highest BCUT2D eigenvalue weighted by molar-refractivity contribution is 5.01. The van der Waals surface area contributed by atoms with E-state index < -0.39 is 0 Å². The van der Waals surface area contributed by atoms with Gasteiger partial charge in [0.2, 0.25) is 0 Å². The standard InChI is InChI=1S/C10H15N3O/c1-2-14-7-9(1)3-11-4-10-5-12-8-13-6-10/h5-6,8-9,11H,1-4,7H2. The van der Waals surface area contributed by atoms with Gasteiger partial charge in [-0.2, -0.15) is 0 Å². The average Bonchev–Trinajstić information content (AvgIpc) is 2.72. The van der Waals surface area contributed by atoms with Crippen LogP contribution in [-0.2, 0) is 11.3 Å². The Balaban J connectivity index is 1.67. The molecule has 0 bridgehead atoms. The molecule has 1 aliphatic heterocycles. The van der Waals surface area contributed by atoms with Crippen molar-refractivity contribution in [3.05, 3.63) is 24.3 Å². The first-order chi connectivity index (χ1) is 6.95. The predicted molar refractivity (Wildman–Crippen MR) is 52.7 cm³/mol. The second kappa shape index (κ2) is 5.02. The van der Waals surface area contributed by atoms with E-state index in [1.165, 1.54) is 6.42 Å². The normalized spacial score (nSPS) is 21.3. The number of hydrogen-bond acceptors (Lipinski definition) is 4. The summed E-state index contributed by atoms with van der Waals surface area (Å²) in [4.78, 5) is 7.92. The van der Waals surface area contributed by atoms with Gasteiger partial charge in [-0.1, -0.05) is 0 Å². The molecule has 0 spiro atoms. The van der Waals surface area contributed by atoms with Crippen molar-refractivity contribution in [1.29, 1.82) is 0 Å². The minimum Gasteiger partial charge on any atom is -0.381 e. The zero-order valence-electron chi connectivity index (χ0n) is 8.15. The highest BCUT2D eigenvalue weighted by Crippen LogP contribution is 2.10. The summed E-state index contributed by atoms with van der Waals surface area (Å²) in [6, 6.07) is 0. The lowest BCUT2D eigenvalue weighted by Gasteiger charge is -2.08. The minimum absolute atomic E-state index is 0.680. The monoisotopic (exact) mass is 193 g/mol. The molecule has 0 saturated carbocycles. The lowest BCUT2D eigenvalue weighted by Crippen LogP contribution is -2.22. The van der Waals surface area contributed by atoms with Crippen LogP contribution in [0.2, 0.25) is 0 Å². The van der Waals surface area contributed by atoms with E-state index in [0.717, 1.165) is 31.9 Å². The molecule has 1 aliphatic rings. The van der Waals surface area contributed by atoms with E-state index in [9.17, 15) is 0 Å². The van der Waals surface area contributed by atoms with Crippen LogP contribution in [0.1, 0.15) is 12.0 Å². The topological polar surface area (TPSA) is 47.0 Å². The van der Waals surface area contributed by atoms with Gasteiger partial charge in [0.05, 0.1) is 6.61 Å². The summed E-state index contributed by atoms with van der Waals surface area (Å²) in [5.41, 5.74) is 1.13. The van der Waals surface area contributed by atoms with Gasteiger partial charge in [-0.05, 0) is 12.3 Å². The molecule has 1 N–H and O–H groups in total. The van der Waals surface area contributed by atoms with Crippen LogP contribution < -0.4 is 5.32 Å². The van der Waals surface area contributed by atoms with E-state index in [-0.39, 0.29) is 0 Å². The molecule has 0 amide bonds. The molecule has 1 atom stereocenters. The minimum atomic E-state index is 0.680. The Labute approximate surface area is 83.7 Å². The maximum atomic E-state index is 5.30. The highest BCUT2D eigenvalue weighted by Gasteiger charge is 2.14. The van der Waals surface area contributed by atoms with Crippen LogP contribution in [0, 0.1) is 5.92 Å². The highest BCUT2D eigenvalue weighted by atomic mass is 16.5. The summed E-state index contributed by atoms with van der Waals surface area (Å²) in [6.45, 7) is 3.69. The van der Waals surface area contributed by atoms with Crippen molar-refractivity contribution in [2.45, 2.75) is 13.0 Å². The lowest BCUT2D eigenvalue weighted by molar-refractivity contribution is 0.185. The van der Waals surface area contributed by atoms with Gasteiger partial charge in [-0.3, -0.25) is 0 Å². The molecule has 1 unspecified atom stereocenters. The third-order valence-corrected chi connectivity index (χ3v) is 2.40. The van der Waals surface area contributed by atoms with Crippen molar-refractivity contribution in [3.63, 3.8) is 0 Å². The van der Waals surface area contributed by atoms with Gasteiger partial charge >= 0.3 is 0 Å². The van der Waals surface area contributed by atoms with Gasteiger partial charge < -0.3 is 10.1 Å². The van der Waals surface area contributed by atoms with E-state index in [4.69, 9.17) is 4.74 Å². The molecule has 1 saturated heterocycles. The molecule has 76 valence electrons. The Bertz CT molecular complexity index is 259. The molecular weight excluding hydrogens is 178 g/mol. The SMILES string of the molecule is c1ncc(CNCC2CCOC2)cn1. The van der Waals surface area contributed by atoms with Crippen LogP contribution in [0.3, 0.4) is 0 Å². The van der Waals surface area contributed by atoms with Crippen molar-refractivity contribution in [3.8, 4) is 0 Å². The Kier molecular flexibility index (Phi) is 3.43. The summed E-state index contributed by atoms with van der Waals surface area (Å²) in [7, 11) is 0. The van der Waals surface area contributed by atoms with Gasteiger partial charge in [-0.25, -0.2) is 9.97 Å². The Morgan fingerprint density at radius 2 is 2.29 bits per heavy atom. The number of hydrogen-bond donors (Lipinski definition) is 1. The first-order valence-corrected chi connectivity index (χ1v) is 4.97. The molecule has 2 heterocycles. The maximum Gasteiger partial charge on any atom is 0.115 e. The van der Waals surface area contributed by atoms with Crippen molar-refractivity contribution in [2.75, 3.05) is 19.8 Å². The summed E-state index contributed by atoms with van der Waals surface area (Å²) in [6.07, 6.45) is 6.41. The zero-order valence-corrected chi connectivity index (χ0v) is 8.15. The predicted octanol–water partition coefficient (Wildman–Crippen LogP) is 0.603. The molecule has 0 radical (unpaired) electrons. The van der Waals surface area contributed by atoms with E-state index in [2.05, 4.69) is 15.3 Å². The molecular formula is C10H15N3O.